The first-order valence-electron chi connectivity index (χ1n) is 7.16. The molecule has 0 aliphatic heterocycles. The van der Waals surface area contributed by atoms with E-state index in [1.54, 1.807) is 0 Å². The molecule has 0 fully saturated rings. The molecule has 0 aromatic heterocycles. The van der Waals surface area contributed by atoms with Gasteiger partial charge in [-0.1, -0.05) is 0 Å². The van der Waals surface area contributed by atoms with Crippen LogP contribution in [0, 0.1) is 0 Å². The van der Waals surface area contributed by atoms with Crippen molar-refractivity contribution in [1.82, 2.24) is 0 Å². The van der Waals surface area contributed by atoms with Crippen molar-refractivity contribution in [2.75, 3.05) is 62.0 Å². The fraction of sp³-hybridized carbons (Fsp3) is 0.786. The number of aliphatic carboxylic acids is 3. The number of carbonyl (C=O) groups is 3. The van der Waals surface area contributed by atoms with Crippen LogP contribution in [-0.2, 0) is 14.4 Å². The minimum atomic E-state index is -2.44. The van der Waals surface area contributed by atoms with Crippen LogP contribution >= 0.6 is 0 Å². The quantitative estimate of drug-likeness (QED) is 0.318. The average Bonchev–Trinajstić information content (AvgIpc) is 2.33. The van der Waals surface area contributed by atoms with Gasteiger partial charge in [0, 0.05) is 0 Å². The van der Waals surface area contributed by atoms with Crippen LogP contribution in [0.1, 0.15) is 0 Å². The maximum Gasteiger partial charge on any atom is 0.359 e. The van der Waals surface area contributed by atoms with Gasteiger partial charge in [0.15, 0.2) is 6.54 Å². The topological polar surface area (TPSA) is 178 Å². The highest BCUT2D eigenvalue weighted by Crippen LogP contribution is 1.89. The van der Waals surface area contributed by atoms with Gasteiger partial charge in [0.05, 0.1) is 60.8 Å². The first kappa shape index (κ1) is 28.0. The van der Waals surface area contributed by atoms with Crippen LogP contribution < -0.4 is 10.2 Å². The van der Waals surface area contributed by atoms with Gasteiger partial charge >= 0.3 is 5.97 Å². The van der Waals surface area contributed by atoms with Crippen molar-refractivity contribution in [2.45, 2.75) is 12.2 Å². The number of carbonyl (C=O) groups excluding carboxylic acids is 2. The number of carboxylic acid groups (broad SMARTS) is 3. The molecule has 0 aliphatic carbocycles. The number of aliphatic hydroxyl groups excluding tert-OH is 3. The van der Waals surface area contributed by atoms with E-state index >= 15 is 0 Å². The second-order valence-electron chi connectivity index (χ2n) is 7.11. The van der Waals surface area contributed by atoms with E-state index < -0.39 is 30.1 Å². The number of quaternary nitrogens is 2. The van der Waals surface area contributed by atoms with Crippen LogP contribution in [0.25, 0.3) is 0 Å². The lowest BCUT2D eigenvalue weighted by atomic mass is 10.2. The molecule has 0 bridgehead atoms. The number of nitrogens with zero attached hydrogens (tertiary/aromatic N) is 2. The molecule has 150 valence electrons. The van der Waals surface area contributed by atoms with Crippen LogP contribution in [0.5, 0.6) is 0 Å². The van der Waals surface area contributed by atoms with E-state index in [4.69, 9.17) is 20.4 Å². The van der Waals surface area contributed by atoms with Crippen LogP contribution in [-0.4, -0.2) is 121 Å². The lowest BCUT2D eigenvalue weighted by molar-refractivity contribution is -0.870. The van der Waals surface area contributed by atoms with Gasteiger partial charge in [0.25, 0.3) is 0 Å². The lowest BCUT2D eigenvalue weighted by Gasteiger charge is -2.21. The lowest BCUT2D eigenvalue weighted by Crippen LogP contribution is -2.51. The number of likely N-dealkylation sites (N-methyl/N-ethyl adjacent to an activating group) is 2. The molecule has 0 saturated carbocycles. The monoisotopic (exact) mass is 370 g/mol. The molecule has 0 saturated heterocycles. The van der Waals surface area contributed by atoms with Gasteiger partial charge in [-0.3, -0.25) is 0 Å². The molecular formula is C14H30N2O9. The van der Waals surface area contributed by atoms with Crippen LogP contribution in [0.2, 0.25) is 0 Å². The summed E-state index contributed by atoms with van der Waals surface area (Å²) < 4.78 is 1.33. The second kappa shape index (κ2) is 12.6. The SMILES string of the molecule is C[N+](C)(C)CC(=O)O.C[N+](C)(C)CCO.O=C([O-])[C@H](O)[C@@H](O)C(=O)[O-]. The summed E-state index contributed by atoms with van der Waals surface area (Å²) >= 11 is 0. The Kier molecular flexibility index (Phi) is 14.1. The summed E-state index contributed by atoms with van der Waals surface area (Å²) in [5.74, 6) is -4.87. The molecule has 0 aromatic carbocycles. The fourth-order valence-corrected chi connectivity index (χ4v) is 0.964. The van der Waals surface area contributed by atoms with Crippen LogP contribution in [0.4, 0.5) is 0 Å². The summed E-state index contributed by atoms with van der Waals surface area (Å²) in [4.78, 5) is 29.3. The van der Waals surface area contributed by atoms with E-state index in [1.807, 2.05) is 21.1 Å². The number of hydrogen-bond acceptors (Lipinski definition) is 8. The highest BCUT2D eigenvalue weighted by molar-refractivity contribution is 5.80. The van der Waals surface area contributed by atoms with Gasteiger partial charge in [-0.25, -0.2) is 4.79 Å². The summed E-state index contributed by atoms with van der Waals surface area (Å²) in [7, 11) is 11.7. The van der Waals surface area contributed by atoms with Crippen LogP contribution in [0.3, 0.4) is 0 Å². The van der Waals surface area contributed by atoms with Gasteiger partial charge < -0.3 is 49.2 Å². The molecule has 4 N–H and O–H groups in total. The van der Waals surface area contributed by atoms with Crippen molar-refractivity contribution >= 4 is 17.9 Å². The highest BCUT2D eigenvalue weighted by Gasteiger charge is 2.17. The number of aliphatic hydroxyl groups is 3. The van der Waals surface area contributed by atoms with E-state index in [-0.39, 0.29) is 13.2 Å². The molecular weight excluding hydrogens is 340 g/mol. The zero-order chi connectivity index (χ0) is 21.0. The minimum Gasteiger partial charge on any atom is -0.547 e. The van der Waals surface area contributed by atoms with Gasteiger partial charge in [-0.15, -0.1) is 0 Å². The van der Waals surface area contributed by atoms with E-state index in [0.29, 0.717) is 4.48 Å². The first-order valence-corrected chi connectivity index (χ1v) is 7.16. The minimum absolute atomic E-state index is 0.181. The maximum atomic E-state index is 10.00. The smallest absolute Gasteiger partial charge is 0.359 e. The molecule has 0 aromatic rings. The molecule has 0 rings (SSSR count). The average molecular weight is 370 g/mol. The number of carboxylic acids is 3. The van der Waals surface area contributed by atoms with Crippen molar-refractivity contribution in [1.29, 1.82) is 0 Å². The molecule has 0 unspecified atom stereocenters. The Balaban J connectivity index is -0.000000296. The Hall–Kier alpha value is -1.79. The molecule has 0 spiro atoms. The van der Waals surface area contributed by atoms with E-state index in [0.717, 1.165) is 11.0 Å². The molecule has 2 atom stereocenters. The Morgan fingerprint density at radius 3 is 1.20 bits per heavy atom. The van der Waals surface area contributed by atoms with Gasteiger partial charge in [-0.2, -0.15) is 0 Å². The predicted molar refractivity (Wildman–Crippen MR) is 82.5 cm³/mol. The first-order chi connectivity index (χ1) is 10.9. The molecule has 11 heteroatoms. The van der Waals surface area contributed by atoms with E-state index in [9.17, 15) is 24.6 Å². The zero-order valence-corrected chi connectivity index (χ0v) is 15.5. The molecule has 25 heavy (non-hydrogen) atoms. The maximum absolute atomic E-state index is 10.00. The third-order valence-electron chi connectivity index (χ3n) is 2.16. The van der Waals surface area contributed by atoms with Crippen molar-refractivity contribution < 1.29 is 54.0 Å². The Morgan fingerprint density at radius 2 is 1.16 bits per heavy atom. The standard InChI is InChI=1S/C5H11NO2.C5H14NO.C4H6O6/c1-6(2,3)4-5(7)8;1-6(2,3)4-5-7;5-1(3(7)8)2(6)4(9)10/h4H2,1-3H3;7H,4-5H2,1-3H3;1-2,5-6H,(H,7,8)(H,9,10)/q;+1;/p-1/t;;1-,2-/m..1/s1. The predicted octanol–water partition coefficient (Wildman–Crippen LogP) is -5.33. The fourth-order valence-electron chi connectivity index (χ4n) is 0.964. The number of rotatable bonds is 7. The van der Waals surface area contributed by atoms with Crippen molar-refractivity contribution in [2.24, 2.45) is 0 Å². The second-order valence-corrected chi connectivity index (χ2v) is 7.11. The van der Waals surface area contributed by atoms with E-state index in [2.05, 4.69) is 21.1 Å². The van der Waals surface area contributed by atoms with Crippen molar-refractivity contribution in [3.8, 4) is 0 Å². The van der Waals surface area contributed by atoms with Gasteiger partial charge in [0.2, 0.25) is 0 Å². The Bertz CT molecular complexity index is 396. The van der Waals surface area contributed by atoms with Gasteiger partial charge in [0.1, 0.15) is 18.8 Å². The Labute approximate surface area is 147 Å². The molecule has 0 heterocycles. The molecule has 0 aliphatic rings. The third-order valence-corrected chi connectivity index (χ3v) is 2.16. The Morgan fingerprint density at radius 1 is 0.840 bits per heavy atom. The van der Waals surface area contributed by atoms with Crippen LogP contribution in [0.15, 0.2) is 0 Å². The molecule has 0 amide bonds. The largest absolute Gasteiger partial charge is 0.547 e. The summed E-state index contributed by atoms with van der Waals surface area (Å²) in [6.45, 7) is 1.30. The summed E-state index contributed by atoms with van der Waals surface area (Å²) in [5, 5.41) is 52.4. The summed E-state index contributed by atoms with van der Waals surface area (Å²) in [6, 6.07) is 0. The zero-order valence-electron chi connectivity index (χ0n) is 15.5. The number of hydrogen-bond donors (Lipinski definition) is 4. The third kappa shape index (κ3) is 24.6. The highest BCUT2D eigenvalue weighted by atomic mass is 16.4. The van der Waals surface area contributed by atoms with Crippen molar-refractivity contribution in [3.05, 3.63) is 0 Å². The molecule has 11 nitrogen and oxygen atoms in total. The van der Waals surface area contributed by atoms with E-state index in [1.165, 1.54) is 0 Å². The molecule has 0 radical (unpaired) electrons. The summed E-state index contributed by atoms with van der Waals surface area (Å²) in [5.41, 5.74) is 0. The van der Waals surface area contributed by atoms with Gasteiger partial charge in [-0.05, 0) is 0 Å². The normalized spacial score (nSPS) is 13.3. The van der Waals surface area contributed by atoms with Crippen molar-refractivity contribution in [3.63, 3.8) is 0 Å². The summed E-state index contributed by atoms with van der Waals surface area (Å²) in [6.07, 6.45) is -4.88.